The van der Waals surface area contributed by atoms with Gasteiger partial charge in [0.05, 0.1) is 25.5 Å². The van der Waals surface area contributed by atoms with E-state index in [1.165, 1.54) is 0 Å². The Bertz CT molecular complexity index is 288. The average Bonchev–Trinajstić information content (AvgIpc) is 2.17. The van der Waals surface area contributed by atoms with Crippen LogP contribution in [0.1, 0.15) is 17.1 Å². The molecule has 4 heteroatoms. The molecule has 0 bridgehead atoms. The third-order valence-corrected chi connectivity index (χ3v) is 1.93. The van der Waals surface area contributed by atoms with Crippen LogP contribution in [0, 0.1) is 0 Å². The summed E-state index contributed by atoms with van der Waals surface area (Å²) in [6.07, 6.45) is 2.69. The lowest BCUT2D eigenvalue weighted by molar-refractivity contribution is 0.108. The van der Waals surface area contributed by atoms with Gasteiger partial charge in [-0.3, -0.25) is 0 Å². The van der Waals surface area contributed by atoms with Gasteiger partial charge in [0.15, 0.2) is 0 Å². The van der Waals surface area contributed by atoms with E-state index < -0.39 is 0 Å². The van der Waals surface area contributed by atoms with Crippen LogP contribution in [0.25, 0.3) is 0 Å². The lowest BCUT2D eigenvalue weighted by Crippen LogP contribution is -2.15. The molecule has 0 fully saturated rings. The average molecular weight is 165 g/mol. The normalized spacial score (nSPS) is 15.8. The summed E-state index contributed by atoms with van der Waals surface area (Å²) in [6, 6.07) is 0. The Morgan fingerprint density at radius 1 is 1.58 bits per heavy atom. The Kier molecular flexibility index (Phi) is 2.01. The topological polar surface area (TPSA) is 61.0 Å². The fraction of sp³-hybridized carbons (Fsp3) is 0.500. The highest BCUT2D eigenvalue weighted by molar-refractivity contribution is 5.18. The van der Waals surface area contributed by atoms with Crippen molar-refractivity contribution in [2.75, 3.05) is 6.61 Å². The summed E-state index contributed by atoms with van der Waals surface area (Å²) >= 11 is 0. The molecule has 0 aromatic carbocycles. The van der Waals surface area contributed by atoms with Gasteiger partial charge in [-0.15, -0.1) is 0 Å². The Morgan fingerprint density at radius 2 is 2.50 bits per heavy atom. The van der Waals surface area contributed by atoms with Crippen molar-refractivity contribution in [3.8, 4) is 0 Å². The highest BCUT2D eigenvalue weighted by atomic mass is 16.5. The zero-order valence-corrected chi connectivity index (χ0v) is 6.79. The van der Waals surface area contributed by atoms with Gasteiger partial charge in [0.1, 0.15) is 5.82 Å². The molecule has 64 valence electrons. The van der Waals surface area contributed by atoms with Crippen molar-refractivity contribution >= 4 is 0 Å². The third kappa shape index (κ3) is 1.31. The largest absolute Gasteiger partial charge is 0.376 e. The van der Waals surface area contributed by atoms with E-state index in [9.17, 15) is 0 Å². The lowest BCUT2D eigenvalue weighted by atomic mass is 10.1. The van der Waals surface area contributed by atoms with Crippen LogP contribution >= 0.6 is 0 Å². The predicted molar refractivity (Wildman–Crippen MR) is 43.3 cm³/mol. The van der Waals surface area contributed by atoms with Gasteiger partial charge < -0.3 is 10.5 Å². The fourth-order valence-electron chi connectivity index (χ4n) is 1.27. The van der Waals surface area contributed by atoms with Crippen LogP contribution in [0.2, 0.25) is 0 Å². The number of nitrogens with two attached hydrogens (primary N) is 1. The molecule has 0 atom stereocenters. The van der Waals surface area contributed by atoms with Gasteiger partial charge in [-0.05, 0) is 0 Å². The number of hydrogen-bond acceptors (Lipinski definition) is 4. The number of hydrogen-bond donors (Lipinski definition) is 1. The number of nitrogens with zero attached hydrogens (tertiary/aromatic N) is 2. The van der Waals surface area contributed by atoms with Crippen molar-refractivity contribution in [1.82, 2.24) is 9.97 Å². The predicted octanol–water partition coefficient (Wildman–Crippen LogP) is 0.00800. The number of ether oxygens (including phenoxy) is 1. The molecule has 1 aromatic heterocycles. The summed E-state index contributed by atoms with van der Waals surface area (Å²) < 4.78 is 5.26. The van der Waals surface area contributed by atoms with E-state index in [1.807, 2.05) is 6.20 Å². The molecule has 1 aromatic rings. The molecule has 0 saturated heterocycles. The number of aromatic nitrogens is 2. The number of fused-ring (bicyclic) bond motifs is 1. The van der Waals surface area contributed by atoms with Crippen molar-refractivity contribution in [2.45, 2.75) is 19.6 Å². The van der Waals surface area contributed by atoms with Crippen molar-refractivity contribution < 1.29 is 4.74 Å². The maximum Gasteiger partial charge on any atom is 0.142 e. The molecular weight excluding hydrogens is 154 g/mol. The van der Waals surface area contributed by atoms with Gasteiger partial charge in [0, 0.05) is 18.2 Å². The summed E-state index contributed by atoms with van der Waals surface area (Å²) in [7, 11) is 0. The molecule has 12 heavy (non-hydrogen) atoms. The Hall–Kier alpha value is -1.00. The molecule has 1 aliphatic heterocycles. The first-order valence-electron chi connectivity index (χ1n) is 4.01. The second kappa shape index (κ2) is 3.16. The van der Waals surface area contributed by atoms with Crippen LogP contribution < -0.4 is 5.73 Å². The molecule has 0 aliphatic carbocycles. The standard InChI is InChI=1S/C8H11N3O/c9-3-8-10-4-6-5-12-2-1-7(6)11-8/h4H,1-3,5,9H2. The van der Waals surface area contributed by atoms with Crippen LogP contribution in [0.3, 0.4) is 0 Å². The van der Waals surface area contributed by atoms with E-state index in [2.05, 4.69) is 9.97 Å². The summed E-state index contributed by atoms with van der Waals surface area (Å²) in [5.74, 6) is 0.718. The Morgan fingerprint density at radius 3 is 3.33 bits per heavy atom. The molecule has 2 heterocycles. The lowest BCUT2D eigenvalue weighted by Gasteiger charge is -2.14. The first-order chi connectivity index (χ1) is 5.90. The van der Waals surface area contributed by atoms with E-state index in [1.54, 1.807) is 0 Å². The molecule has 2 rings (SSSR count). The summed E-state index contributed by atoms with van der Waals surface area (Å²) in [6.45, 7) is 1.81. The van der Waals surface area contributed by atoms with Crippen LogP contribution in [-0.2, 0) is 24.3 Å². The minimum absolute atomic E-state index is 0.411. The van der Waals surface area contributed by atoms with Gasteiger partial charge in [-0.2, -0.15) is 0 Å². The van der Waals surface area contributed by atoms with Gasteiger partial charge >= 0.3 is 0 Å². The summed E-state index contributed by atoms with van der Waals surface area (Å²) in [4.78, 5) is 8.41. The molecular formula is C8H11N3O. The van der Waals surface area contributed by atoms with Crippen molar-refractivity contribution in [3.63, 3.8) is 0 Å². The zero-order valence-electron chi connectivity index (χ0n) is 6.79. The van der Waals surface area contributed by atoms with Crippen molar-refractivity contribution in [2.24, 2.45) is 5.73 Å². The minimum Gasteiger partial charge on any atom is -0.376 e. The van der Waals surface area contributed by atoms with Crippen molar-refractivity contribution in [1.29, 1.82) is 0 Å². The monoisotopic (exact) mass is 165 g/mol. The third-order valence-electron chi connectivity index (χ3n) is 1.93. The molecule has 0 saturated carbocycles. The van der Waals surface area contributed by atoms with Gasteiger partial charge in [0.25, 0.3) is 0 Å². The molecule has 1 aliphatic rings. The first kappa shape index (κ1) is 7.64. The molecule has 0 unspecified atom stereocenters. The van der Waals surface area contributed by atoms with Crippen LogP contribution in [-0.4, -0.2) is 16.6 Å². The highest BCUT2D eigenvalue weighted by Crippen LogP contribution is 2.12. The van der Waals surface area contributed by atoms with Crippen LogP contribution in [0.4, 0.5) is 0 Å². The zero-order chi connectivity index (χ0) is 8.39. The summed E-state index contributed by atoms with van der Waals surface area (Å²) in [5.41, 5.74) is 7.62. The van der Waals surface area contributed by atoms with E-state index in [4.69, 9.17) is 10.5 Å². The highest BCUT2D eigenvalue weighted by Gasteiger charge is 2.11. The van der Waals surface area contributed by atoms with Crippen LogP contribution in [0.5, 0.6) is 0 Å². The van der Waals surface area contributed by atoms with Gasteiger partial charge in [-0.25, -0.2) is 9.97 Å². The first-order valence-corrected chi connectivity index (χ1v) is 4.01. The van der Waals surface area contributed by atoms with Gasteiger partial charge in [0.2, 0.25) is 0 Å². The Balaban J connectivity index is 2.36. The van der Waals surface area contributed by atoms with E-state index in [0.717, 1.165) is 30.1 Å². The quantitative estimate of drug-likeness (QED) is 0.636. The van der Waals surface area contributed by atoms with E-state index >= 15 is 0 Å². The van der Waals surface area contributed by atoms with Gasteiger partial charge in [-0.1, -0.05) is 0 Å². The molecule has 0 spiro atoms. The Labute approximate surface area is 70.8 Å². The van der Waals surface area contributed by atoms with Crippen LogP contribution in [0.15, 0.2) is 6.20 Å². The fourth-order valence-corrected chi connectivity index (χ4v) is 1.27. The van der Waals surface area contributed by atoms with E-state index in [0.29, 0.717) is 13.2 Å². The SMILES string of the molecule is NCc1ncc2c(n1)CCOC2. The van der Waals surface area contributed by atoms with Crippen molar-refractivity contribution in [3.05, 3.63) is 23.3 Å². The molecule has 4 nitrogen and oxygen atoms in total. The molecule has 0 amide bonds. The smallest absolute Gasteiger partial charge is 0.142 e. The maximum absolute atomic E-state index is 5.43. The summed E-state index contributed by atoms with van der Waals surface area (Å²) in [5, 5.41) is 0. The second-order valence-electron chi connectivity index (χ2n) is 2.76. The second-order valence-corrected chi connectivity index (χ2v) is 2.76. The number of rotatable bonds is 1. The molecule has 2 N–H and O–H groups in total. The molecule has 0 radical (unpaired) electrons. The van der Waals surface area contributed by atoms with E-state index in [-0.39, 0.29) is 0 Å². The maximum atomic E-state index is 5.43. The minimum atomic E-state index is 0.411.